The molecule has 1 amide bonds. The fourth-order valence-electron chi connectivity index (χ4n) is 3.00. The highest BCUT2D eigenvalue weighted by atomic mass is 16.6. The maximum Gasteiger partial charge on any atom is 0.407 e. The molecule has 0 aliphatic carbocycles. The summed E-state index contributed by atoms with van der Waals surface area (Å²) in [6, 6.07) is 4.10. The Labute approximate surface area is 173 Å². The molecule has 3 N–H and O–H groups in total. The molecule has 0 bridgehead atoms. The van der Waals surface area contributed by atoms with Gasteiger partial charge in [0.15, 0.2) is 5.96 Å². The summed E-state index contributed by atoms with van der Waals surface area (Å²) in [5, 5.41) is 9.27. The molecule has 2 rings (SSSR count). The van der Waals surface area contributed by atoms with E-state index in [0.717, 1.165) is 37.8 Å². The molecular weight excluding hydrogens is 374 g/mol. The van der Waals surface area contributed by atoms with Crippen molar-refractivity contribution in [2.45, 2.75) is 39.3 Å². The monoisotopic (exact) mass is 409 g/mol. The molecule has 1 unspecified atom stereocenters. The van der Waals surface area contributed by atoms with Crippen molar-refractivity contribution in [3.8, 4) is 0 Å². The van der Waals surface area contributed by atoms with Crippen molar-refractivity contribution in [1.82, 2.24) is 20.9 Å². The zero-order valence-electron chi connectivity index (χ0n) is 18.2. The van der Waals surface area contributed by atoms with Crippen LogP contribution >= 0.6 is 0 Å². The molecule has 164 valence electrons. The minimum absolute atomic E-state index is 0.0889. The average molecular weight is 410 g/mol. The third kappa shape index (κ3) is 8.33. The van der Waals surface area contributed by atoms with Gasteiger partial charge >= 0.3 is 6.09 Å². The number of morpholine rings is 1. The van der Waals surface area contributed by atoms with Crippen LogP contribution in [-0.2, 0) is 9.47 Å². The number of carbonyl (C=O) groups excluding carboxylic acids is 1. The number of rotatable bonds is 7. The standard InChI is InChI=1S/C20H35N5O4/c1-15-6-7-17(28-15)16(25-10-12-27-13-11-25)14-24-18(21-5)22-8-9-23-19(26)29-20(2,3)4/h6-7,16H,8-14H2,1-5H3,(H,23,26)(H2,21,22,24). The van der Waals surface area contributed by atoms with E-state index in [1.165, 1.54) is 0 Å². The number of amides is 1. The number of hydrogen-bond donors (Lipinski definition) is 3. The van der Waals surface area contributed by atoms with Gasteiger partial charge in [-0.25, -0.2) is 4.79 Å². The molecule has 1 fully saturated rings. The van der Waals surface area contributed by atoms with Crippen LogP contribution in [0.5, 0.6) is 0 Å². The van der Waals surface area contributed by atoms with Gasteiger partial charge in [-0.05, 0) is 39.8 Å². The number of nitrogens with zero attached hydrogens (tertiary/aromatic N) is 2. The van der Waals surface area contributed by atoms with Gasteiger partial charge in [0.05, 0.1) is 19.3 Å². The van der Waals surface area contributed by atoms with E-state index < -0.39 is 11.7 Å². The molecule has 9 nitrogen and oxygen atoms in total. The number of aliphatic imine (C=N–C) groups is 1. The summed E-state index contributed by atoms with van der Waals surface area (Å²) in [5.41, 5.74) is -0.506. The van der Waals surface area contributed by atoms with Gasteiger partial charge in [-0.15, -0.1) is 0 Å². The van der Waals surface area contributed by atoms with Crippen molar-refractivity contribution >= 4 is 12.1 Å². The van der Waals surface area contributed by atoms with E-state index in [1.807, 2.05) is 39.8 Å². The van der Waals surface area contributed by atoms with Crippen LogP contribution in [0.15, 0.2) is 21.5 Å². The Bertz CT molecular complexity index is 662. The first-order valence-corrected chi connectivity index (χ1v) is 10.1. The predicted octanol–water partition coefficient (Wildman–Crippen LogP) is 1.65. The molecule has 1 aliphatic rings. The zero-order chi connectivity index (χ0) is 21.3. The van der Waals surface area contributed by atoms with Crippen LogP contribution in [0, 0.1) is 6.92 Å². The van der Waals surface area contributed by atoms with E-state index in [4.69, 9.17) is 13.9 Å². The van der Waals surface area contributed by atoms with Gasteiger partial charge in [-0.3, -0.25) is 9.89 Å². The maximum atomic E-state index is 11.7. The third-order valence-corrected chi connectivity index (χ3v) is 4.35. The Morgan fingerprint density at radius 2 is 1.90 bits per heavy atom. The highest BCUT2D eigenvalue weighted by Gasteiger charge is 2.25. The first-order valence-electron chi connectivity index (χ1n) is 10.1. The summed E-state index contributed by atoms with van der Waals surface area (Å²) < 4.78 is 16.6. The highest BCUT2D eigenvalue weighted by molar-refractivity contribution is 5.79. The molecule has 2 heterocycles. The zero-order valence-corrected chi connectivity index (χ0v) is 18.2. The van der Waals surface area contributed by atoms with Gasteiger partial charge in [0.1, 0.15) is 17.1 Å². The fourth-order valence-corrected chi connectivity index (χ4v) is 3.00. The van der Waals surface area contributed by atoms with E-state index in [-0.39, 0.29) is 6.04 Å². The number of guanidine groups is 1. The normalized spacial score (nSPS) is 16.9. The Kier molecular flexibility index (Phi) is 8.78. The molecular formula is C20H35N5O4. The number of hydrogen-bond acceptors (Lipinski definition) is 6. The lowest BCUT2D eigenvalue weighted by Gasteiger charge is -2.33. The van der Waals surface area contributed by atoms with Crippen LogP contribution in [-0.4, -0.2) is 75.5 Å². The van der Waals surface area contributed by atoms with E-state index in [2.05, 4.69) is 25.8 Å². The Balaban J connectivity index is 1.81. The average Bonchev–Trinajstić information content (AvgIpc) is 3.09. The molecule has 1 atom stereocenters. The Hall–Kier alpha value is -2.26. The Morgan fingerprint density at radius 1 is 1.21 bits per heavy atom. The minimum atomic E-state index is -0.506. The second-order valence-electron chi connectivity index (χ2n) is 7.92. The van der Waals surface area contributed by atoms with Crippen molar-refractivity contribution in [1.29, 1.82) is 0 Å². The van der Waals surface area contributed by atoms with Crippen molar-refractivity contribution < 1.29 is 18.7 Å². The summed E-state index contributed by atoms with van der Waals surface area (Å²) >= 11 is 0. The van der Waals surface area contributed by atoms with Gasteiger partial charge in [-0.1, -0.05) is 0 Å². The number of furan rings is 1. The molecule has 9 heteroatoms. The largest absolute Gasteiger partial charge is 0.465 e. The number of ether oxygens (including phenoxy) is 2. The summed E-state index contributed by atoms with van der Waals surface area (Å²) in [6.45, 7) is 12.2. The van der Waals surface area contributed by atoms with Crippen molar-refractivity contribution in [2.75, 3.05) is 53.0 Å². The van der Waals surface area contributed by atoms with Gasteiger partial charge < -0.3 is 29.8 Å². The Morgan fingerprint density at radius 3 is 2.48 bits per heavy atom. The van der Waals surface area contributed by atoms with E-state index in [1.54, 1.807) is 7.05 Å². The van der Waals surface area contributed by atoms with Crippen LogP contribution in [0.2, 0.25) is 0 Å². The highest BCUT2D eigenvalue weighted by Crippen LogP contribution is 2.23. The summed E-state index contributed by atoms with van der Waals surface area (Å²) in [5.74, 6) is 2.49. The van der Waals surface area contributed by atoms with Crippen LogP contribution in [0.1, 0.15) is 38.3 Å². The first kappa shape index (κ1) is 23.0. The van der Waals surface area contributed by atoms with Gasteiger partial charge in [-0.2, -0.15) is 0 Å². The fraction of sp³-hybridized carbons (Fsp3) is 0.700. The molecule has 0 radical (unpaired) electrons. The number of aryl methyl sites for hydroxylation is 1. The van der Waals surface area contributed by atoms with Crippen LogP contribution in [0.25, 0.3) is 0 Å². The molecule has 1 saturated heterocycles. The molecule has 1 aromatic heterocycles. The predicted molar refractivity (Wildman–Crippen MR) is 112 cm³/mol. The molecule has 0 aromatic carbocycles. The van der Waals surface area contributed by atoms with Crippen molar-refractivity contribution in [3.63, 3.8) is 0 Å². The van der Waals surface area contributed by atoms with E-state index in [9.17, 15) is 4.79 Å². The van der Waals surface area contributed by atoms with Crippen molar-refractivity contribution in [2.24, 2.45) is 4.99 Å². The van der Waals surface area contributed by atoms with Gasteiger partial charge in [0.25, 0.3) is 0 Å². The summed E-state index contributed by atoms with van der Waals surface area (Å²) in [7, 11) is 1.72. The summed E-state index contributed by atoms with van der Waals surface area (Å²) in [4.78, 5) is 18.3. The number of alkyl carbamates (subject to hydrolysis) is 1. The van der Waals surface area contributed by atoms with Gasteiger partial charge in [0, 0.05) is 39.8 Å². The number of carbonyl (C=O) groups is 1. The van der Waals surface area contributed by atoms with Crippen molar-refractivity contribution in [3.05, 3.63) is 23.7 Å². The second kappa shape index (κ2) is 11.1. The van der Waals surface area contributed by atoms with E-state index in [0.29, 0.717) is 25.6 Å². The molecule has 29 heavy (non-hydrogen) atoms. The van der Waals surface area contributed by atoms with Crippen LogP contribution in [0.3, 0.4) is 0 Å². The number of nitrogens with one attached hydrogen (secondary N) is 3. The van der Waals surface area contributed by atoms with Crippen LogP contribution in [0.4, 0.5) is 4.79 Å². The molecule has 0 saturated carbocycles. The van der Waals surface area contributed by atoms with Crippen LogP contribution < -0.4 is 16.0 Å². The topological polar surface area (TPSA) is 100 Å². The smallest absolute Gasteiger partial charge is 0.407 e. The molecule has 0 spiro atoms. The lowest BCUT2D eigenvalue weighted by molar-refractivity contribution is 0.0124. The lowest BCUT2D eigenvalue weighted by atomic mass is 10.1. The lowest BCUT2D eigenvalue weighted by Crippen LogP contribution is -2.47. The quantitative estimate of drug-likeness (QED) is 0.358. The minimum Gasteiger partial charge on any atom is -0.465 e. The SMILES string of the molecule is CN=C(NCCNC(=O)OC(C)(C)C)NCC(c1ccc(C)o1)N1CCOCC1. The first-order chi connectivity index (χ1) is 13.8. The molecule has 1 aliphatic heterocycles. The molecule has 1 aromatic rings. The van der Waals surface area contributed by atoms with E-state index >= 15 is 0 Å². The second-order valence-corrected chi connectivity index (χ2v) is 7.92. The maximum absolute atomic E-state index is 11.7. The summed E-state index contributed by atoms with van der Waals surface area (Å²) in [6.07, 6.45) is -0.428. The van der Waals surface area contributed by atoms with Gasteiger partial charge in [0.2, 0.25) is 0 Å². The third-order valence-electron chi connectivity index (χ3n) is 4.35.